The van der Waals surface area contributed by atoms with Crippen molar-refractivity contribution in [2.75, 3.05) is 7.05 Å². The van der Waals surface area contributed by atoms with Gasteiger partial charge in [-0.1, -0.05) is 12.1 Å². The van der Waals surface area contributed by atoms with Gasteiger partial charge in [0.15, 0.2) is 0 Å². The molecule has 0 aliphatic heterocycles. The van der Waals surface area contributed by atoms with Gasteiger partial charge in [-0.3, -0.25) is 0 Å². The zero-order chi connectivity index (χ0) is 11.7. The molecule has 0 amide bonds. The first-order valence-electron chi connectivity index (χ1n) is 4.99. The Labute approximate surface area is 101 Å². The van der Waals surface area contributed by atoms with E-state index in [1.165, 1.54) is 0 Å². The van der Waals surface area contributed by atoms with E-state index in [0.717, 1.165) is 15.6 Å². The SMILES string of the molecule is CNC(C)c1[nH]c(=O)nc2c(Br)cccc12. The number of aromatic amines is 1. The largest absolute Gasteiger partial charge is 0.345 e. The smallest absolute Gasteiger partial charge is 0.312 e. The molecule has 0 spiro atoms. The normalized spacial score (nSPS) is 12.9. The van der Waals surface area contributed by atoms with Crippen molar-refractivity contribution >= 4 is 26.8 Å². The van der Waals surface area contributed by atoms with Gasteiger partial charge in [0.25, 0.3) is 0 Å². The van der Waals surface area contributed by atoms with Gasteiger partial charge in [0.1, 0.15) is 0 Å². The number of fused-ring (bicyclic) bond motifs is 1. The average Bonchev–Trinajstić information content (AvgIpc) is 2.28. The van der Waals surface area contributed by atoms with Crippen molar-refractivity contribution in [2.24, 2.45) is 0 Å². The van der Waals surface area contributed by atoms with Crippen LogP contribution in [-0.2, 0) is 0 Å². The standard InChI is InChI=1S/C11H12BrN3O/c1-6(13-2)9-7-4-3-5-8(12)10(7)15-11(16)14-9/h3-6,13H,1-2H3,(H,14,15,16). The molecule has 1 aromatic carbocycles. The molecule has 16 heavy (non-hydrogen) atoms. The summed E-state index contributed by atoms with van der Waals surface area (Å²) in [6.45, 7) is 1.99. The van der Waals surface area contributed by atoms with Crippen LogP contribution in [0.25, 0.3) is 10.9 Å². The maximum atomic E-state index is 11.5. The molecular formula is C11H12BrN3O. The van der Waals surface area contributed by atoms with Crippen LogP contribution < -0.4 is 11.0 Å². The number of halogens is 1. The van der Waals surface area contributed by atoms with Crippen molar-refractivity contribution in [1.82, 2.24) is 15.3 Å². The van der Waals surface area contributed by atoms with Gasteiger partial charge in [0.05, 0.1) is 5.52 Å². The van der Waals surface area contributed by atoms with Crippen LogP contribution >= 0.6 is 15.9 Å². The Kier molecular flexibility index (Phi) is 3.07. The topological polar surface area (TPSA) is 57.8 Å². The first kappa shape index (κ1) is 11.3. The lowest BCUT2D eigenvalue weighted by molar-refractivity contribution is 0.634. The minimum Gasteiger partial charge on any atom is -0.312 e. The van der Waals surface area contributed by atoms with Crippen LogP contribution in [0.3, 0.4) is 0 Å². The highest BCUT2D eigenvalue weighted by Gasteiger charge is 2.11. The van der Waals surface area contributed by atoms with Crippen molar-refractivity contribution in [2.45, 2.75) is 13.0 Å². The molecule has 0 saturated carbocycles. The summed E-state index contributed by atoms with van der Waals surface area (Å²) in [4.78, 5) is 18.2. The summed E-state index contributed by atoms with van der Waals surface area (Å²) in [7, 11) is 1.85. The number of aromatic nitrogens is 2. The Hall–Kier alpha value is -1.20. The summed E-state index contributed by atoms with van der Waals surface area (Å²) in [6, 6.07) is 5.83. The van der Waals surface area contributed by atoms with Crippen LogP contribution in [0, 0.1) is 0 Å². The highest BCUT2D eigenvalue weighted by atomic mass is 79.9. The van der Waals surface area contributed by atoms with Gasteiger partial charge < -0.3 is 10.3 Å². The number of H-pyrrole nitrogens is 1. The third-order valence-corrected chi connectivity index (χ3v) is 3.24. The van der Waals surface area contributed by atoms with E-state index in [-0.39, 0.29) is 11.7 Å². The number of nitrogens with one attached hydrogen (secondary N) is 2. The number of nitrogens with zero attached hydrogens (tertiary/aromatic N) is 1. The summed E-state index contributed by atoms with van der Waals surface area (Å²) < 4.78 is 0.834. The molecule has 1 unspecified atom stereocenters. The molecule has 4 nitrogen and oxygen atoms in total. The van der Waals surface area contributed by atoms with E-state index in [0.29, 0.717) is 5.52 Å². The second-order valence-corrected chi connectivity index (χ2v) is 4.46. The summed E-state index contributed by atoms with van der Waals surface area (Å²) in [5.41, 5.74) is 1.23. The van der Waals surface area contributed by atoms with Crippen molar-refractivity contribution in [3.8, 4) is 0 Å². The highest BCUT2D eigenvalue weighted by Crippen LogP contribution is 2.24. The van der Waals surface area contributed by atoms with E-state index < -0.39 is 0 Å². The Balaban J connectivity index is 2.83. The monoisotopic (exact) mass is 281 g/mol. The molecular weight excluding hydrogens is 270 g/mol. The second-order valence-electron chi connectivity index (χ2n) is 3.60. The number of rotatable bonds is 2. The zero-order valence-electron chi connectivity index (χ0n) is 9.04. The molecule has 0 radical (unpaired) electrons. The molecule has 2 N–H and O–H groups in total. The predicted molar refractivity (Wildman–Crippen MR) is 67.5 cm³/mol. The highest BCUT2D eigenvalue weighted by molar-refractivity contribution is 9.10. The molecule has 0 aliphatic rings. The van der Waals surface area contributed by atoms with E-state index in [2.05, 4.69) is 31.2 Å². The van der Waals surface area contributed by atoms with E-state index in [1.807, 2.05) is 32.2 Å². The maximum Gasteiger partial charge on any atom is 0.345 e. The number of benzene rings is 1. The van der Waals surface area contributed by atoms with Crippen LogP contribution in [0.15, 0.2) is 27.5 Å². The average molecular weight is 282 g/mol. The molecule has 1 heterocycles. The minimum absolute atomic E-state index is 0.0764. The lowest BCUT2D eigenvalue weighted by Crippen LogP contribution is -2.20. The molecule has 0 aliphatic carbocycles. The van der Waals surface area contributed by atoms with Crippen LogP contribution in [0.1, 0.15) is 18.7 Å². The number of hydrogen-bond acceptors (Lipinski definition) is 3. The Morgan fingerprint density at radius 3 is 2.94 bits per heavy atom. The summed E-state index contributed by atoms with van der Waals surface area (Å²) >= 11 is 3.40. The van der Waals surface area contributed by atoms with Crippen LogP contribution in [0.2, 0.25) is 0 Å². The molecule has 84 valence electrons. The molecule has 0 saturated heterocycles. The Morgan fingerprint density at radius 2 is 2.25 bits per heavy atom. The molecule has 2 aromatic rings. The Morgan fingerprint density at radius 1 is 1.50 bits per heavy atom. The third kappa shape index (κ3) is 1.88. The first-order chi connectivity index (χ1) is 7.63. The number of hydrogen-bond donors (Lipinski definition) is 2. The van der Waals surface area contributed by atoms with E-state index in [4.69, 9.17) is 0 Å². The third-order valence-electron chi connectivity index (χ3n) is 2.60. The molecule has 1 aromatic heterocycles. The van der Waals surface area contributed by atoms with Crippen molar-refractivity contribution in [3.63, 3.8) is 0 Å². The van der Waals surface area contributed by atoms with Crippen molar-refractivity contribution < 1.29 is 0 Å². The summed E-state index contributed by atoms with van der Waals surface area (Å²) in [6.07, 6.45) is 0. The van der Waals surface area contributed by atoms with Crippen molar-refractivity contribution in [1.29, 1.82) is 0 Å². The molecule has 2 rings (SSSR count). The number of para-hydroxylation sites is 1. The molecule has 0 fully saturated rings. The van der Waals surface area contributed by atoms with Gasteiger partial charge in [-0.2, -0.15) is 4.98 Å². The van der Waals surface area contributed by atoms with E-state index in [9.17, 15) is 4.79 Å². The molecule has 1 atom stereocenters. The van der Waals surface area contributed by atoms with Gasteiger partial charge >= 0.3 is 5.69 Å². The van der Waals surface area contributed by atoms with Gasteiger partial charge in [0, 0.05) is 21.6 Å². The second kappa shape index (κ2) is 4.35. The van der Waals surface area contributed by atoms with Gasteiger partial charge in [0.2, 0.25) is 0 Å². The fraction of sp³-hybridized carbons (Fsp3) is 0.273. The van der Waals surface area contributed by atoms with E-state index in [1.54, 1.807) is 0 Å². The van der Waals surface area contributed by atoms with Crippen LogP contribution in [0.5, 0.6) is 0 Å². The van der Waals surface area contributed by atoms with Crippen molar-refractivity contribution in [3.05, 3.63) is 38.9 Å². The minimum atomic E-state index is -0.323. The van der Waals surface area contributed by atoms with Gasteiger partial charge in [-0.25, -0.2) is 4.79 Å². The lowest BCUT2D eigenvalue weighted by atomic mass is 10.1. The van der Waals surface area contributed by atoms with Gasteiger partial charge in [-0.05, 0) is 36.0 Å². The molecule has 0 bridgehead atoms. The Bertz CT molecular complexity index is 579. The summed E-state index contributed by atoms with van der Waals surface area (Å²) in [5, 5.41) is 4.06. The fourth-order valence-electron chi connectivity index (χ4n) is 1.64. The molecule has 5 heteroatoms. The zero-order valence-corrected chi connectivity index (χ0v) is 10.6. The maximum absolute atomic E-state index is 11.5. The first-order valence-corrected chi connectivity index (χ1v) is 5.78. The van der Waals surface area contributed by atoms with Crippen LogP contribution in [0.4, 0.5) is 0 Å². The van der Waals surface area contributed by atoms with Gasteiger partial charge in [-0.15, -0.1) is 0 Å². The summed E-state index contributed by atoms with van der Waals surface area (Å²) in [5.74, 6) is 0. The van der Waals surface area contributed by atoms with Crippen LogP contribution in [-0.4, -0.2) is 17.0 Å². The quantitative estimate of drug-likeness (QED) is 0.885. The fourth-order valence-corrected chi connectivity index (χ4v) is 2.10. The van der Waals surface area contributed by atoms with E-state index >= 15 is 0 Å². The predicted octanol–water partition coefficient (Wildman–Crippen LogP) is 1.97. The lowest BCUT2D eigenvalue weighted by Gasteiger charge is -2.12.